The summed E-state index contributed by atoms with van der Waals surface area (Å²) in [6.45, 7) is 0.805. The number of aryl methyl sites for hydroxylation is 1. The Balaban J connectivity index is 2.04. The Bertz CT molecular complexity index is 512. The Morgan fingerprint density at radius 3 is 2.88 bits per heavy atom. The summed E-state index contributed by atoms with van der Waals surface area (Å²) in [7, 11) is 1.81. The molecule has 0 amide bonds. The molecule has 1 aromatic carbocycles. The molecule has 0 aliphatic heterocycles. The lowest BCUT2D eigenvalue weighted by Crippen LogP contribution is -1.99. The van der Waals surface area contributed by atoms with Crippen LogP contribution in [0.3, 0.4) is 0 Å². The van der Waals surface area contributed by atoms with Crippen LogP contribution in [0.1, 0.15) is 11.3 Å². The predicted octanol–water partition coefficient (Wildman–Crippen LogP) is 1.51. The number of halogens is 1. The molecule has 1 heterocycles. The van der Waals surface area contributed by atoms with Crippen molar-refractivity contribution in [3.05, 3.63) is 40.7 Å². The van der Waals surface area contributed by atoms with E-state index >= 15 is 0 Å². The van der Waals surface area contributed by atoms with E-state index in [9.17, 15) is 0 Å². The highest BCUT2D eigenvalue weighted by atomic mass is 35.5. The topological polar surface area (TPSA) is 66.0 Å². The molecule has 0 saturated carbocycles. The SMILES string of the molecule is Cn1cc(COc2ccc(CN)cc2Cl)nn1. The molecule has 90 valence electrons. The molecule has 6 heteroatoms. The van der Waals surface area contributed by atoms with Crippen molar-refractivity contribution in [2.45, 2.75) is 13.2 Å². The van der Waals surface area contributed by atoms with Gasteiger partial charge in [-0.3, -0.25) is 4.68 Å². The van der Waals surface area contributed by atoms with Gasteiger partial charge >= 0.3 is 0 Å². The zero-order chi connectivity index (χ0) is 12.3. The standard InChI is InChI=1S/C11H13ClN4O/c1-16-6-9(14-15-16)7-17-11-3-2-8(5-13)4-10(11)12/h2-4,6H,5,7,13H2,1H3. The predicted molar refractivity (Wildman–Crippen MR) is 64.7 cm³/mol. The third kappa shape index (κ3) is 2.95. The zero-order valence-electron chi connectivity index (χ0n) is 9.43. The van der Waals surface area contributed by atoms with Crippen LogP contribution in [0.4, 0.5) is 0 Å². The first kappa shape index (κ1) is 11.9. The van der Waals surface area contributed by atoms with Crippen LogP contribution < -0.4 is 10.5 Å². The maximum absolute atomic E-state index is 6.06. The maximum atomic E-state index is 6.06. The molecule has 0 radical (unpaired) electrons. The first-order chi connectivity index (χ1) is 8.19. The summed E-state index contributed by atoms with van der Waals surface area (Å²) in [5.41, 5.74) is 7.25. The van der Waals surface area contributed by atoms with Crippen molar-refractivity contribution < 1.29 is 4.74 Å². The van der Waals surface area contributed by atoms with Crippen LogP contribution in [0.25, 0.3) is 0 Å². The lowest BCUT2D eigenvalue weighted by Gasteiger charge is -2.07. The van der Waals surface area contributed by atoms with E-state index in [0.29, 0.717) is 23.9 Å². The zero-order valence-corrected chi connectivity index (χ0v) is 10.2. The molecule has 1 aromatic heterocycles. The molecule has 0 aliphatic rings. The van der Waals surface area contributed by atoms with E-state index < -0.39 is 0 Å². The normalized spacial score (nSPS) is 10.5. The van der Waals surface area contributed by atoms with Crippen LogP contribution in [0.15, 0.2) is 24.4 Å². The lowest BCUT2D eigenvalue weighted by molar-refractivity contribution is 0.301. The molecule has 0 bridgehead atoms. The van der Waals surface area contributed by atoms with Gasteiger partial charge in [0, 0.05) is 13.6 Å². The molecule has 0 fully saturated rings. The molecule has 2 N–H and O–H groups in total. The van der Waals surface area contributed by atoms with Crippen molar-refractivity contribution >= 4 is 11.6 Å². The molecule has 2 rings (SSSR count). The fourth-order valence-electron chi connectivity index (χ4n) is 1.40. The number of hydrogen-bond donors (Lipinski definition) is 1. The molecule has 0 spiro atoms. The van der Waals surface area contributed by atoms with E-state index in [2.05, 4.69) is 10.3 Å². The Labute approximate surface area is 104 Å². The van der Waals surface area contributed by atoms with Crippen LogP contribution in [0.5, 0.6) is 5.75 Å². The third-order valence-corrected chi connectivity index (χ3v) is 2.55. The Kier molecular flexibility index (Phi) is 3.61. The van der Waals surface area contributed by atoms with Gasteiger partial charge in [-0.2, -0.15) is 0 Å². The average Bonchev–Trinajstić information content (AvgIpc) is 2.73. The molecular weight excluding hydrogens is 240 g/mol. The highest BCUT2D eigenvalue weighted by Gasteiger charge is 2.04. The van der Waals surface area contributed by atoms with Crippen molar-refractivity contribution in [3.8, 4) is 5.75 Å². The van der Waals surface area contributed by atoms with Gasteiger partial charge in [0.25, 0.3) is 0 Å². The minimum absolute atomic E-state index is 0.343. The smallest absolute Gasteiger partial charge is 0.138 e. The van der Waals surface area contributed by atoms with Gasteiger partial charge in [-0.15, -0.1) is 5.10 Å². The highest BCUT2D eigenvalue weighted by Crippen LogP contribution is 2.25. The summed E-state index contributed by atoms with van der Waals surface area (Å²) < 4.78 is 7.17. The molecular formula is C11H13ClN4O. The molecule has 2 aromatic rings. The summed E-state index contributed by atoms with van der Waals surface area (Å²) in [6, 6.07) is 5.49. The Morgan fingerprint density at radius 1 is 1.47 bits per heavy atom. The van der Waals surface area contributed by atoms with Crippen molar-refractivity contribution in [2.75, 3.05) is 0 Å². The first-order valence-electron chi connectivity index (χ1n) is 5.15. The van der Waals surface area contributed by atoms with Gasteiger partial charge in [0.1, 0.15) is 18.1 Å². The van der Waals surface area contributed by atoms with Gasteiger partial charge in [-0.05, 0) is 17.7 Å². The van der Waals surface area contributed by atoms with Crippen LogP contribution in [-0.2, 0) is 20.2 Å². The molecule has 0 unspecified atom stereocenters. The lowest BCUT2D eigenvalue weighted by atomic mass is 10.2. The largest absolute Gasteiger partial charge is 0.486 e. The number of rotatable bonds is 4. The minimum Gasteiger partial charge on any atom is -0.486 e. The van der Waals surface area contributed by atoms with Gasteiger partial charge in [-0.1, -0.05) is 22.9 Å². The number of aromatic nitrogens is 3. The van der Waals surface area contributed by atoms with E-state index in [1.165, 1.54) is 0 Å². The number of hydrogen-bond acceptors (Lipinski definition) is 4. The van der Waals surface area contributed by atoms with Crippen LogP contribution in [0, 0.1) is 0 Å². The second-order valence-corrected chi connectivity index (χ2v) is 4.05. The number of nitrogens with two attached hydrogens (primary N) is 1. The maximum Gasteiger partial charge on any atom is 0.138 e. The molecule has 0 saturated heterocycles. The van der Waals surface area contributed by atoms with Crippen LogP contribution in [-0.4, -0.2) is 15.0 Å². The minimum atomic E-state index is 0.343. The molecule has 17 heavy (non-hydrogen) atoms. The van der Waals surface area contributed by atoms with Gasteiger partial charge in [0.05, 0.1) is 11.2 Å². The summed E-state index contributed by atoms with van der Waals surface area (Å²) in [4.78, 5) is 0. The van der Waals surface area contributed by atoms with E-state index in [1.807, 2.05) is 6.07 Å². The quantitative estimate of drug-likeness (QED) is 0.896. The highest BCUT2D eigenvalue weighted by molar-refractivity contribution is 6.32. The number of ether oxygens (including phenoxy) is 1. The molecule has 0 aliphatic carbocycles. The average molecular weight is 253 g/mol. The van der Waals surface area contributed by atoms with Gasteiger partial charge < -0.3 is 10.5 Å². The fourth-order valence-corrected chi connectivity index (χ4v) is 1.66. The van der Waals surface area contributed by atoms with Crippen LogP contribution >= 0.6 is 11.6 Å². The van der Waals surface area contributed by atoms with E-state index in [0.717, 1.165) is 11.3 Å². The first-order valence-corrected chi connectivity index (χ1v) is 5.53. The Hall–Kier alpha value is -1.59. The van der Waals surface area contributed by atoms with E-state index in [4.69, 9.17) is 22.1 Å². The summed E-state index contributed by atoms with van der Waals surface area (Å²) >= 11 is 6.06. The van der Waals surface area contributed by atoms with Gasteiger partial charge in [0.2, 0.25) is 0 Å². The summed E-state index contributed by atoms with van der Waals surface area (Å²) in [5, 5.41) is 8.29. The van der Waals surface area contributed by atoms with E-state index in [-0.39, 0.29) is 0 Å². The fraction of sp³-hybridized carbons (Fsp3) is 0.273. The third-order valence-electron chi connectivity index (χ3n) is 2.26. The molecule has 0 atom stereocenters. The number of benzene rings is 1. The second kappa shape index (κ2) is 5.16. The van der Waals surface area contributed by atoms with E-state index in [1.54, 1.807) is 30.1 Å². The summed E-state index contributed by atoms with van der Waals surface area (Å²) in [6.07, 6.45) is 1.79. The van der Waals surface area contributed by atoms with Gasteiger partial charge in [-0.25, -0.2) is 0 Å². The number of nitrogens with zero attached hydrogens (tertiary/aromatic N) is 3. The summed E-state index contributed by atoms with van der Waals surface area (Å²) in [5.74, 6) is 0.620. The van der Waals surface area contributed by atoms with Gasteiger partial charge in [0.15, 0.2) is 0 Å². The van der Waals surface area contributed by atoms with Crippen molar-refractivity contribution in [1.82, 2.24) is 15.0 Å². The Morgan fingerprint density at radius 2 is 2.29 bits per heavy atom. The second-order valence-electron chi connectivity index (χ2n) is 3.64. The monoisotopic (exact) mass is 252 g/mol. The van der Waals surface area contributed by atoms with Crippen molar-refractivity contribution in [3.63, 3.8) is 0 Å². The molecule has 5 nitrogen and oxygen atoms in total. The van der Waals surface area contributed by atoms with Crippen LogP contribution in [0.2, 0.25) is 5.02 Å². The van der Waals surface area contributed by atoms with Crippen molar-refractivity contribution in [2.24, 2.45) is 12.8 Å². The van der Waals surface area contributed by atoms with Crippen molar-refractivity contribution in [1.29, 1.82) is 0 Å².